The lowest BCUT2D eigenvalue weighted by Gasteiger charge is -2.10. The quantitative estimate of drug-likeness (QED) is 0.657. The van der Waals surface area contributed by atoms with Crippen LogP contribution in [0.2, 0.25) is 0 Å². The molecule has 0 amide bonds. The van der Waals surface area contributed by atoms with E-state index >= 15 is 0 Å². The zero-order valence-electron chi connectivity index (χ0n) is 13.0. The number of Topliss-reactive ketones (excluding diaryl/α,β-unsaturated/α-hetero) is 1. The fourth-order valence-electron chi connectivity index (χ4n) is 2.56. The van der Waals surface area contributed by atoms with Crippen molar-refractivity contribution >= 4 is 11.9 Å². The monoisotopic (exact) mass is 312 g/mol. The van der Waals surface area contributed by atoms with Gasteiger partial charge in [-0.3, -0.25) is 4.79 Å². The molecule has 0 spiro atoms. The first kappa shape index (κ1) is 15.0. The van der Waals surface area contributed by atoms with Crippen LogP contribution in [-0.2, 0) is 0 Å². The molecule has 0 unspecified atom stereocenters. The number of phenols is 2. The maximum atomic E-state index is 12.4. The molecular weight excluding hydrogens is 296 g/mol. The summed E-state index contributed by atoms with van der Waals surface area (Å²) in [6.45, 7) is 3.87. The van der Waals surface area contributed by atoms with Crippen LogP contribution in [0, 0.1) is 13.8 Å². The summed E-state index contributed by atoms with van der Waals surface area (Å²) in [5.41, 5.74) is 3.00. The van der Waals surface area contributed by atoms with Gasteiger partial charge in [-0.25, -0.2) is 0 Å². The molecule has 0 atom stereocenters. The Bertz CT molecular complexity index is 849. The highest BCUT2D eigenvalue weighted by Gasteiger charge is 2.31. The largest absolute Gasteiger partial charge is 0.504 e. The summed E-state index contributed by atoms with van der Waals surface area (Å²) >= 11 is 0. The van der Waals surface area contributed by atoms with Gasteiger partial charge in [0.2, 0.25) is 11.5 Å². The van der Waals surface area contributed by atoms with Crippen LogP contribution in [0.15, 0.2) is 30.0 Å². The third-order valence-electron chi connectivity index (χ3n) is 4.08. The number of aromatic hydroxyl groups is 2. The third kappa shape index (κ3) is 2.30. The minimum absolute atomic E-state index is 0.0101. The predicted molar refractivity (Wildman–Crippen MR) is 85.2 cm³/mol. The van der Waals surface area contributed by atoms with Gasteiger partial charge < -0.3 is 19.7 Å². The molecule has 1 aliphatic rings. The number of phenolic OH excluding ortho intramolecular Hbond substituents is 2. The fraction of sp³-hybridized carbons (Fsp3) is 0.167. The zero-order chi connectivity index (χ0) is 16.7. The lowest BCUT2D eigenvalue weighted by Crippen LogP contribution is -1.99. The molecule has 2 aromatic rings. The number of fused-ring (bicyclic) bond motifs is 1. The van der Waals surface area contributed by atoms with Gasteiger partial charge >= 0.3 is 0 Å². The highest BCUT2D eigenvalue weighted by Crippen LogP contribution is 2.44. The van der Waals surface area contributed by atoms with Crippen molar-refractivity contribution in [3.63, 3.8) is 0 Å². The van der Waals surface area contributed by atoms with E-state index in [0.29, 0.717) is 0 Å². The predicted octanol–water partition coefficient (Wildman–Crippen LogP) is 3.34. The minimum atomic E-state index is -0.429. The second-order valence-corrected chi connectivity index (χ2v) is 5.36. The van der Waals surface area contributed by atoms with Crippen molar-refractivity contribution in [1.82, 2.24) is 0 Å². The van der Waals surface area contributed by atoms with E-state index in [-0.39, 0.29) is 28.6 Å². The summed E-state index contributed by atoms with van der Waals surface area (Å²) in [7, 11) is 1.61. The van der Waals surface area contributed by atoms with Gasteiger partial charge in [-0.2, -0.15) is 0 Å². The Labute approximate surface area is 133 Å². The van der Waals surface area contributed by atoms with Crippen LogP contribution in [0.25, 0.3) is 6.08 Å². The smallest absolute Gasteiger partial charge is 0.232 e. The summed E-state index contributed by atoms with van der Waals surface area (Å²) in [5.74, 6) is -0.216. The molecular formula is C18H16O5. The number of allylic oxidation sites excluding steroid dienone is 1. The minimum Gasteiger partial charge on any atom is -0.504 e. The lowest BCUT2D eigenvalue weighted by atomic mass is 10.0. The molecule has 1 aliphatic heterocycles. The number of carbonyl (C=O) groups excluding carboxylic acids is 1. The van der Waals surface area contributed by atoms with Crippen molar-refractivity contribution in [2.45, 2.75) is 13.8 Å². The summed E-state index contributed by atoms with van der Waals surface area (Å²) < 4.78 is 10.7. The highest BCUT2D eigenvalue weighted by atomic mass is 16.5. The number of carbonyl (C=O) groups is 1. The van der Waals surface area contributed by atoms with Gasteiger partial charge in [0.1, 0.15) is 5.75 Å². The maximum Gasteiger partial charge on any atom is 0.232 e. The molecule has 0 saturated carbocycles. The molecule has 0 aromatic heterocycles. The van der Waals surface area contributed by atoms with Crippen molar-refractivity contribution in [3.8, 4) is 23.0 Å². The molecule has 2 aromatic carbocycles. The van der Waals surface area contributed by atoms with Crippen molar-refractivity contribution in [2.75, 3.05) is 7.11 Å². The average molecular weight is 312 g/mol. The Morgan fingerprint density at radius 3 is 2.52 bits per heavy atom. The second kappa shape index (κ2) is 5.35. The van der Waals surface area contributed by atoms with Crippen molar-refractivity contribution in [2.24, 2.45) is 0 Å². The molecule has 0 bridgehead atoms. The number of rotatable bonds is 2. The molecule has 23 heavy (non-hydrogen) atoms. The zero-order valence-corrected chi connectivity index (χ0v) is 13.0. The van der Waals surface area contributed by atoms with Crippen LogP contribution in [0.4, 0.5) is 0 Å². The van der Waals surface area contributed by atoms with Crippen LogP contribution in [0.5, 0.6) is 23.0 Å². The first-order valence-corrected chi connectivity index (χ1v) is 7.07. The average Bonchev–Trinajstić information content (AvgIpc) is 2.85. The van der Waals surface area contributed by atoms with E-state index < -0.39 is 5.75 Å². The van der Waals surface area contributed by atoms with Crippen LogP contribution in [0.1, 0.15) is 27.0 Å². The first-order valence-electron chi connectivity index (χ1n) is 7.07. The highest BCUT2D eigenvalue weighted by molar-refractivity contribution is 6.15. The maximum absolute atomic E-state index is 12.4. The fourth-order valence-corrected chi connectivity index (χ4v) is 2.56. The molecule has 0 aliphatic carbocycles. The van der Waals surface area contributed by atoms with Crippen molar-refractivity contribution in [1.29, 1.82) is 0 Å². The molecule has 2 N–H and O–H groups in total. The van der Waals surface area contributed by atoms with E-state index in [0.717, 1.165) is 22.4 Å². The number of benzene rings is 2. The van der Waals surface area contributed by atoms with E-state index in [1.165, 1.54) is 12.1 Å². The first-order chi connectivity index (χ1) is 10.9. The summed E-state index contributed by atoms with van der Waals surface area (Å²) in [6.07, 6.45) is 1.63. The number of ketones is 1. The van der Waals surface area contributed by atoms with Gasteiger partial charge in [-0.05, 0) is 54.8 Å². The number of ether oxygens (including phenoxy) is 2. The number of methoxy groups -OCH3 is 1. The Morgan fingerprint density at radius 1 is 1.09 bits per heavy atom. The van der Waals surface area contributed by atoms with E-state index in [1.54, 1.807) is 13.2 Å². The Balaban J connectivity index is 2.05. The lowest BCUT2D eigenvalue weighted by molar-refractivity contribution is 0.101. The summed E-state index contributed by atoms with van der Waals surface area (Å²) in [6, 6.07) is 6.36. The molecule has 0 radical (unpaired) electrons. The van der Waals surface area contributed by atoms with Gasteiger partial charge in [0.25, 0.3) is 0 Å². The van der Waals surface area contributed by atoms with Crippen molar-refractivity contribution in [3.05, 3.63) is 52.3 Å². The van der Waals surface area contributed by atoms with E-state index in [4.69, 9.17) is 9.47 Å². The summed E-state index contributed by atoms with van der Waals surface area (Å²) in [5, 5.41) is 19.3. The molecule has 3 rings (SSSR count). The van der Waals surface area contributed by atoms with Crippen molar-refractivity contribution < 1.29 is 24.5 Å². The SMILES string of the molecule is COc1ccc(C=C2Oc3c(ccc(O)c3O)C2=O)c(C)c1C. The summed E-state index contributed by atoms with van der Waals surface area (Å²) in [4.78, 5) is 12.4. The second-order valence-electron chi connectivity index (χ2n) is 5.36. The number of hydrogen-bond donors (Lipinski definition) is 2. The molecule has 0 fully saturated rings. The topological polar surface area (TPSA) is 76.0 Å². The van der Waals surface area contributed by atoms with Crippen LogP contribution < -0.4 is 9.47 Å². The Hall–Kier alpha value is -2.95. The molecule has 118 valence electrons. The Morgan fingerprint density at radius 2 is 1.83 bits per heavy atom. The van der Waals surface area contributed by atoms with Crippen LogP contribution >= 0.6 is 0 Å². The van der Waals surface area contributed by atoms with Gasteiger partial charge in [0.05, 0.1) is 12.7 Å². The molecule has 5 nitrogen and oxygen atoms in total. The van der Waals surface area contributed by atoms with Gasteiger partial charge in [-0.15, -0.1) is 0 Å². The normalized spacial score (nSPS) is 14.7. The third-order valence-corrected chi connectivity index (χ3v) is 4.08. The number of hydrogen-bond acceptors (Lipinski definition) is 5. The van der Waals surface area contributed by atoms with E-state index in [9.17, 15) is 15.0 Å². The van der Waals surface area contributed by atoms with E-state index in [1.807, 2.05) is 26.0 Å². The standard InChI is InChI=1S/C18H16O5/c1-9-10(2)14(22-3)7-4-11(9)8-15-16(20)12-5-6-13(19)17(21)18(12)23-15/h4-8,19,21H,1-3H3. The van der Waals surface area contributed by atoms with Gasteiger partial charge in [0, 0.05) is 0 Å². The molecule has 5 heteroatoms. The van der Waals surface area contributed by atoms with Gasteiger partial charge in [0.15, 0.2) is 17.3 Å². The van der Waals surface area contributed by atoms with Crippen LogP contribution in [0.3, 0.4) is 0 Å². The van der Waals surface area contributed by atoms with Crippen LogP contribution in [-0.4, -0.2) is 23.1 Å². The Kier molecular flexibility index (Phi) is 3.48. The molecule has 0 saturated heterocycles. The van der Waals surface area contributed by atoms with E-state index in [2.05, 4.69) is 0 Å². The molecule has 1 heterocycles. The van der Waals surface area contributed by atoms with Gasteiger partial charge in [-0.1, -0.05) is 6.07 Å².